The molecule has 0 aliphatic heterocycles. The first-order chi connectivity index (χ1) is 17.2. The molecule has 0 bridgehead atoms. The summed E-state index contributed by atoms with van der Waals surface area (Å²) in [4.78, 5) is 16.4. The van der Waals surface area contributed by atoms with Crippen LogP contribution in [0.1, 0.15) is 54.7 Å². The molecule has 0 amide bonds. The van der Waals surface area contributed by atoms with E-state index in [1.807, 2.05) is 36.4 Å². The van der Waals surface area contributed by atoms with Crippen molar-refractivity contribution in [3.05, 3.63) is 112 Å². The van der Waals surface area contributed by atoms with Crippen LogP contribution in [0, 0.1) is 11.3 Å². The summed E-state index contributed by atoms with van der Waals surface area (Å²) in [6, 6.07) is 28.5. The minimum atomic E-state index is -0.397. The number of carbonyl (C=O) groups is 1. The van der Waals surface area contributed by atoms with Gasteiger partial charge in [0.2, 0.25) is 0 Å². The number of benzene rings is 3. The molecule has 178 valence electrons. The highest BCUT2D eigenvalue weighted by molar-refractivity contribution is 5.89. The fourth-order valence-corrected chi connectivity index (χ4v) is 6.21. The summed E-state index contributed by atoms with van der Waals surface area (Å²) in [5.41, 5.74) is 12.3. The van der Waals surface area contributed by atoms with Crippen molar-refractivity contribution in [1.82, 2.24) is 0 Å². The second-order valence-corrected chi connectivity index (χ2v) is 10.0. The number of nitrogens with zero attached hydrogens (tertiary/aromatic N) is 3. The van der Waals surface area contributed by atoms with Crippen molar-refractivity contribution in [1.29, 1.82) is 0 Å². The van der Waals surface area contributed by atoms with E-state index in [1.165, 1.54) is 5.56 Å². The molecule has 0 saturated heterocycles. The monoisotopic (exact) mass is 465 g/mol. The molecular weight excluding hydrogens is 434 g/mol. The molecule has 2 fully saturated rings. The summed E-state index contributed by atoms with van der Waals surface area (Å²) in [5, 5.41) is 4.06. The Balaban J connectivity index is 1.22. The Kier molecular flexibility index (Phi) is 6.87. The van der Waals surface area contributed by atoms with Gasteiger partial charge in [0, 0.05) is 22.7 Å². The van der Waals surface area contributed by atoms with Crippen molar-refractivity contribution in [2.24, 2.45) is 16.4 Å². The molecule has 3 aromatic carbocycles. The second-order valence-electron chi connectivity index (χ2n) is 10.0. The van der Waals surface area contributed by atoms with Gasteiger partial charge in [0.15, 0.2) is 0 Å². The van der Waals surface area contributed by atoms with Crippen LogP contribution in [-0.4, -0.2) is 11.8 Å². The number of ketones is 1. The first-order valence-corrected chi connectivity index (χ1v) is 12.6. The summed E-state index contributed by atoms with van der Waals surface area (Å²) in [5.74, 6) is 1.70. The zero-order chi connectivity index (χ0) is 24.1. The smallest absolute Gasteiger partial charge is 0.140 e. The van der Waals surface area contributed by atoms with Crippen molar-refractivity contribution in [3.8, 4) is 5.75 Å². The zero-order valence-electron chi connectivity index (χ0n) is 19.9. The number of carbonyl (C=O) groups excluding carboxylic acids is 1. The van der Waals surface area contributed by atoms with Gasteiger partial charge >= 0.3 is 0 Å². The van der Waals surface area contributed by atoms with Gasteiger partial charge in [0.1, 0.15) is 18.1 Å². The average Bonchev–Trinajstić information content (AvgIpc) is 3.16. The SMILES string of the molecule is [N-]=[N+]=NC1CC(=O)C2(CCC(Cc3ccc(OCc4ccccc4)cc3)CC2)C1c1ccccc1. The number of hydrogen-bond acceptors (Lipinski definition) is 3. The van der Waals surface area contributed by atoms with Crippen LogP contribution in [0.15, 0.2) is 90.0 Å². The first kappa shape index (κ1) is 23.2. The van der Waals surface area contributed by atoms with Gasteiger partial charge in [0.05, 0.1) is 6.04 Å². The Morgan fingerprint density at radius 2 is 1.54 bits per heavy atom. The number of ether oxygens (including phenoxy) is 1. The fraction of sp³-hybridized carbons (Fsp3) is 0.367. The fourth-order valence-electron chi connectivity index (χ4n) is 6.21. The van der Waals surface area contributed by atoms with Gasteiger partial charge in [-0.3, -0.25) is 4.79 Å². The molecular formula is C30H31N3O2. The maximum Gasteiger partial charge on any atom is 0.140 e. The van der Waals surface area contributed by atoms with Gasteiger partial charge in [0.25, 0.3) is 0 Å². The lowest BCUT2D eigenvalue weighted by Crippen LogP contribution is -2.37. The molecule has 1 spiro atoms. The van der Waals surface area contributed by atoms with E-state index in [4.69, 9.17) is 10.3 Å². The van der Waals surface area contributed by atoms with E-state index in [9.17, 15) is 4.79 Å². The van der Waals surface area contributed by atoms with Gasteiger partial charge < -0.3 is 4.74 Å². The highest BCUT2D eigenvalue weighted by Gasteiger charge is 2.55. The maximum absolute atomic E-state index is 13.3. The summed E-state index contributed by atoms with van der Waals surface area (Å²) < 4.78 is 5.92. The van der Waals surface area contributed by atoms with Crippen molar-refractivity contribution in [3.63, 3.8) is 0 Å². The number of hydrogen-bond donors (Lipinski definition) is 0. The lowest BCUT2D eigenvalue weighted by molar-refractivity contribution is -0.128. The predicted molar refractivity (Wildman–Crippen MR) is 137 cm³/mol. The summed E-state index contributed by atoms with van der Waals surface area (Å²) >= 11 is 0. The van der Waals surface area contributed by atoms with Crippen molar-refractivity contribution in [2.75, 3.05) is 0 Å². The third-order valence-corrected chi connectivity index (χ3v) is 7.98. The molecule has 2 atom stereocenters. The van der Waals surface area contributed by atoms with Crippen molar-refractivity contribution < 1.29 is 9.53 Å². The van der Waals surface area contributed by atoms with E-state index in [1.54, 1.807) is 0 Å². The van der Waals surface area contributed by atoms with Crippen LogP contribution in [-0.2, 0) is 17.8 Å². The molecule has 5 heteroatoms. The molecule has 5 rings (SSSR count). The Hall–Kier alpha value is -3.56. The third kappa shape index (κ3) is 4.96. The molecule has 5 nitrogen and oxygen atoms in total. The highest BCUT2D eigenvalue weighted by atomic mass is 16.5. The second kappa shape index (κ2) is 10.4. The zero-order valence-corrected chi connectivity index (χ0v) is 19.9. The molecule has 0 N–H and O–H groups in total. The van der Waals surface area contributed by atoms with E-state index in [0.717, 1.165) is 49.0 Å². The van der Waals surface area contributed by atoms with Gasteiger partial charge in [-0.25, -0.2) is 0 Å². The molecule has 2 aliphatic rings. The van der Waals surface area contributed by atoms with Crippen LogP contribution in [0.5, 0.6) is 5.75 Å². The molecule has 2 aliphatic carbocycles. The number of rotatable bonds is 7. The standard InChI is InChI=1S/C30H31N3O2/c31-33-32-27-20-28(34)30(29(27)25-9-5-2-6-10-25)17-15-23(16-18-30)19-22-11-13-26(14-12-22)35-21-24-7-3-1-4-8-24/h1-14,23,27,29H,15-21H2. The lowest BCUT2D eigenvalue weighted by atomic mass is 9.62. The van der Waals surface area contributed by atoms with E-state index in [0.29, 0.717) is 18.9 Å². The van der Waals surface area contributed by atoms with Crippen molar-refractivity contribution >= 4 is 5.78 Å². The van der Waals surface area contributed by atoms with Gasteiger partial charge in [-0.1, -0.05) is 77.9 Å². The van der Waals surface area contributed by atoms with E-state index in [2.05, 4.69) is 58.6 Å². The van der Waals surface area contributed by atoms with Crippen LogP contribution in [0.3, 0.4) is 0 Å². The Morgan fingerprint density at radius 1 is 0.886 bits per heavy atom. The number of azide groups is 1. The van der Waals surface area contributed by atoms with E-state index >= 15 is 0 Å². The quantitative estimate of drug-likeness (QED) is 0.207. The maximum atomic E-state index is 13.3. The molecule has 0 aromatic heterocycles. The van der Waals surface area contributed by atoms with Gasteiger partial charge in [-0.2, -0.15) is 0 Å². The van der Waals surface area contributed by atoms with Crippen LogP contribution in [0.2, 0.25) is 0 Å². The Bertz CT molecular complexity index is 1180. The Morgan fingerprint density at radius 3 is 2.20 bits per heavy atom. The predicted octanol–water partition coefficient (Wildman–Crippen LogP) is 7.42. The van der Waals surface area contributed by atoms with E-state index < -0.39 is 5.41 Å². The Labute approximate surface area is 206 Å². The lowest BCUT2D eigenvalue weighted by Gasteiger charge is -2.41. The molecule has 3 aromatic rings. The molecule has 35 heavy (non-hydrogen) atoms. The molecule has 0 radical (unpaired) electrons. The van der Waals surface area contributed by atoms with Crippen LogP contribution < -0.4 is 4.74 Å². The minimum absolute atomic E-state index is 0.0194. The molecule has 2 saturated carbocycles. The van der Waals surface area contributed by atoms with Crippen molar-refractivity contribution in [2.45, 2.75) is 57.1 Å². The largest absolute Gasteiger partial charge is 0.489 e. The molecule has 0 heterocycles. The van der Waals surface area contributed by atoms with Crippen LogP contribution in [0.25, 0.3) is 10.4 Å². The van der Waals surface area contributed by atoms with Gasteiger partial charge in [-0.15, -0.1) is 0 Å². The normalized spacial score (nSPS) is 25.8. The topological polar surface area (TPSA) is 75.1 Å². The van der Waals surface area contributed by atoms with Crippen LogP contribution in [0.4, 0.5) is 0 Å². The van der Waals surface area contributed by atoms with E-state index in [-0.39, 0.29) is 17.7 Å². The summed E-state index contributed by atoms with van der Waals surface area (Å²) in [6.45, 7) is 0.568. The highest BCUT2D eigenvalue weighted by Crippen LogP contribution is 2.57. The third-order valence-electron chi connectivity index (χ3n) is 7.98. The van der Waals surface area contributed by atoms with Crippen LogP contribution >= 0.6 is 0 Å². The first-order valence-electron chi connectivity index (χ1n) is 12.6. The van der Waals surface area contributed by atoms with Gasteiger partial charge in [-0.05, 0) is 72.4 Å². The number of Topliss-reactive ketones (excluding diaryl/α,β-unsaturated/α-hetero) is 1. The molecule has 2 unspecified atom stereocenters. The summed E-state index contributed by atoms with van der Waals surface area (Å²) in [6.07, 6.45) is 5.14. The minimum Gasteiger partial charge on any atom is -0.489 e. The summed E-state index contributed by atoms with van der Waals surface area (Å²) in [7, 11) is 0. The average molecular weight is 466 g/mol.